The molecule has 1 N–H and O–H groups in total. The van der Waals surface area contributed by atoms with Gasteiger partial charge in [-0.3, -0.25) is 9.36 Å². The molecule has 2 aromatic heterocycles. The maximum absolute atomic E-state index is 12.8. The summed E-state index contributed by atoms with van der Waals surface area (Å²) in [4.78, 5) is 29.1. The number of halogens is 1. The summed E-state index contributed by atoms with van der Waals surface area (Å²) in [7, 11) is 0. The fourth-order valence-electron chi connectivity index (χ4n) is 2.45. The van der Waals surface area contributed by atoms with Crippen LogP contribution in [0.3, 0.4) is 0 Å². The van der Waals surface area contributed by atoms with Gasteiger partial charge in [-0.2, -0.15) is 0 Å². The molecule has 0 amide bonds. The summed E-state index contributed by atoms with van der Waals surface area (Å²) in [6.45, 7) is 2.17. The molecule has 0 fully saturated rings. The predicted octanol–water partition coefficient (Wildman–Crippen LogP) is 3.42. The number of fused-ring (bicyclic) bond motifs is 1. The van der Waals surface area contributed by atoms with Crippen molar-refractivity contribution in [3.63, 3.8) is 0 Å². The lowest BCUT2D eigenvalue weighted by molar-refractivity contribution is 0.0699. The second-order valence-electron chi connectivity index (χ2n) is 5.00. The van der Waals surface area contributed by atoms with Crippen molar-refractivity contribution >= 4 is 39.1 Å². The van der Waals surface area contributed by atoms with Crippen LogP contribution in [0, 0.1) is 0 Å². The van der Waals surface area contributed by atoms with E-state index in [9.17, 15) is 14.7 Å². The van der Waals surface area contributed by atoms with E-state index in [1.54, 1.807) is 6.07 Å². The van der Waals surface area contributed by atoms with Gasteiger partial charge in [0, 0.05) is 16.8 Å². The molecule has 5 nitrogen and oxygen atoms in total. The van der Waals surface area contributed by atoms with Crippen molar-refractivity contribution < 1.29 is 9.90 Å². The minimum Gasteiger partial charge on any atom is -0.478 e. The minimum absolute atomic E-state index is 0.00179. The normalized spacial score (nSPS) is 11.0. The Labute approximate surface area is 140 Å². The molecule has 0 aliphatic carbocycles. The van der Waals surface area contributed by atoms with Gasteiger partial charge in [-0.05, 0) is 11.6 Å². The maximum Gasteiger partial charge on any atom is 0.337 e. The van der Waals surface area contributed by atoms with Crippen LogP contribution in [0.4, 0.5) is 0 Å². The van der Waals surface area contributed by atoms with Gasteiger partial charge in [-0.25, -0.2) is 9.78 Å². The van der Waals surface area contributed by atoms with E-state index in [4.69, 9.17) is 11.6 Å². The fraction of sp³-hybridized carbons (Fsp3) is 0.188. The zero-order valence-electron chi connectivity index (χ0n) is 12.2. The van der Waals surface area contributed by atoms with E-state index < -0.39 is 5.97 Å². The average Bonchev–Trinajstić information content (AvgIpc) is 2.96. The number of hydrogen-bond donors (Lipinski definition) is 1. The number of carbonyl (C=O) groups is 1. The monoisotopic (exact) mass is 348 g/mol. The molecule has 0 spiro atoms. The van der Waals surface area contributed by atoms with Gasteiger partial charge in [0.25, 0.3) is 5.56 Å². The second kappa shape index (κ2) is 6.14. The van der Waals surface area contributed by atoms with Crippen molar-refractivity contribution in [2.75, 3.05) is 0 Å². The topological polar surface area (TPSA) is 72.2 Å². The highest BCUT2D eigenvalue weighted by molar-refractivity contribution is 7.17. The summed E-state index contributed by atoms with van der Waals surface area (Å²) >= 11 is 7.35. The van der Waals surface area contributed by atoms with Gasteiger partial charge < -0.3 is 5.11 Å². The Balaban J connectivity index is 2.24. The fourth-order valence-corrected chi connectivity index (χ4v) is 3.57. The Hall–Kier alpha value is -2.18. The minimum atomic E-state index is -1.12. The molecule has 0 aliphatic rings. The molecule has 0 radical (unpaired) electrons. The highest BCUT2D eigenvalue weighted by Crippen LogP contribution is 2.23. The number of carboxylic acids is 1. The summed E-state index contributed by atoms with van der Waals surface area (Å²) in [5.41, 5.74) is 0.447. The third kappa shape index (κ3) is 2.75. The molecular weight excluding hydrogens is 336 g/mol. The molecule has 0 atom stereocenters. The van der Waals surface area contributed by atoms with E-state index in [2.05, 4.69) is 4.98 Å². The van der Waals surface area contributed by atoms with Gasteiger partial charge in [0.2, 0.25) is 0 Å². The van der Waals surface area contributed by atoms with Crippen LogP contribution in [0.15, 0.2) is 34.4 Å². The molecule has 0 saturated heterocycles. The Kier molecular flexibility index (Phi) is 4.19. The smallest absolute Gasteiger partial charge is 0.337 e. The standard InChI is InChI=1S/C16H13ClN2O3S/c1-2-12-18-14-13(10(8-23-14)16(21)22)15(20)19(12)7-9-5-3-4-6-11(9)17/h3-6,8H,2,7H2,1H3,(H,21,22). The first-order valence-corrected chi connectivity index (χ1v) is 8.26. The third-order valence-corrected chi connectivity index (χ3v) is 4.85. The second-order valence-corrected chi connectivity index (χ2v) is 6.26. The van der Waals surface area contributed by atoms with Crippen LogP contribution >= 0.6 is 22.9 Å². The van der Waals surface area contributed by atoms with Gasteiger partial charge in [0.15, 0.2) is 0 Å². The first-order chi connectivity index (χ1) is 11.0. The number of aromatic carboxylic acids is 1. The van der Waals surface area contributed by atoms with Crippen molar-refractivity contribution in [1.82, 2.24) is 9.55 Å². The molecule has 0 unspecified atom stereocenters. The third-order valence-electron chi connectivity index (χ3n) is 3.61. The quantitative estimate of drug-likeness (QED) is 0.784. The zero-order valence-corrected chi connectivity index (χ0v) is 13.8. The average molecular weight is 349 g/mol. The van der Waals surface area contributed by atoms with Crippen LogP contribution in [0.2, 0.25) is 5.02 Å². The number of hydrogen-bond acceptors (Lipinski definition) is 4. The first-order valence-electron chi connectivity index (χ1n) is 7.00. The molecule has 3 rings (SSSR count). The number of carboxylic acid groups (broad SMARTS) is 1. The van der Waals surface area contributed by atoms with E-state index in [0.717, 1.165) is 5.56 Å². The number of rotatable bonds is 4. The van der Waals surface area contributed by atoms with E-state index in [1.165, 1.54) is 21.3 Å². The Bertz CT molecular complexity index is 962. The molecule has 118 valence electrons. The van der Waals surface area contributed by atoms with Crippen molar-refractivity contribution in [1.29, 1.82) is 0 Å². The van der Waals surface area contributed by atoms with Crippen LogP contribution in [0.25, 0.3) is 10.2 Å². The Morgan fingerprint density at radius 3 is 2.78 bits per heavy atom. The van der Waals surface area contributed by atoms with Gasteiger partial charge in [-0.1, -0.05) is 36.7 Å². The summed E-state index contributed by atoms with van der Waals surface area (Å²) in [5.74, 6) is -0.509. The van der Waals surface area contributed by atoms with Crippen molar-refractivity contribution in [2.45, 2.75) is 19.9 Å². The molecule has 0 saturated carbocycles. The number of aryl methyl sites for hydroxylation is 1. The molecule has 3 aromatic rings. The SMILES string of the molecule is CCc1nc2scc(C(=O)O)c2c(=O)n1Cc1ccccc1Cl. The van der Waals surface area contributed by atoms with Crippen LogP contribution < -0.4 is 5.56 Å². The van der Waals surface area contributed by atoms with Gasteiger partial charge in [0.1, 0.15) is 10.7 Å². The number of nitrogens with zero attached hydrogens (tertiary/aromatic N) is 2. The lowest BCUT2D eigenvalue weighted by Gasteiger charge is -2.12. The highest BCUT2D eigenvalue weighted by Gasteiger charge is 2.19. The van der Waals surface area contributed by atoms with Crippen molar-refractivity contribution in [3.05, 3.63) is 62.0 Å². The van der Waals surface area contributed by atoms with Gasteiger partial charge >= 0.3 is 5.97 Å². The van der Waals surface area contributed by atoms with E-state index in [1.807, 2.05) is 25.1 Å². The molecule has 0 aliphatic heterocycles. The summed E-state index contributed by atoms with van der Waals surface area (Å²) < 4.78 is 1.50. The summed E-state index contributed by atoms with van der Waals surface area (Å²) in [6.07, 6.45) is 0.565. The van der Waals surface area contributed by atoms with E-state index in [-0.39, 0.29) is 23.1 Å². The highest BCUT2D eigenvalue weighted by atomic mass is 35.5. The molecular formula is C16H13ClN2O3S. The van der Waals surface area contributed by atoms with Crippen LogP contribution in [-0.2, 0) is 13.0 Å². The van der Waals surface area contributed by atoms with Gasteiger partial charge in [0.05, 0.1) is 17.5 Å². The zero-order chi connectivity index (χ0) is 16.6. The summed E-state index contributed by atoms with van der Waals surface area (Å²) in [5, 5.41) is 11.4. The number of aromatic nitrogens is 2. The molecule has 1 aromatic carbocycles. The summed E-state index contributed by atoms with van der Waals surface area (Å²) in [6, 6.07) is 7.26. The maximum atomic E-state index is 12.8. The number of thiophene rings is 1. The van der Waals surface area contributed by atoms with Crippen molar-refractivity contribution in [3.8, 4) is 0 Å². The Morgan fingerprint density at radius 2 is 2.13 bits per heavy atom. The molecule has 23 heavy (non-hydrogen) atoms. The van der Waals surface area contributed by atoms with E-state index >= 15 is 0 Å². The largest absolute Gasteiger partial charge is 0.478 e. The molecule has 0 bridgehead atoms. The molecule has 7 heteroatoms. The first kappa shape index (κ1) is 15.7. The predicted molar refractivity (Wildman–Crippen MR) is 90.8 cm³/mol. The van der Waals surface area contributed by atoms with Crippen LogP contribution in [-0.4, -0.2) is 20.6 Å². The van der Waals surface area contributed by atoms with Crippen LogP contribution in [0.1, 0.15) is 28.7 Å². The van der Waals surface area contributed by atoms with Crippen molar-refractivity contribution in [2.24, 2.45) is 0 Å². The number of benzene rings is 1. The lowest BCUT2D eigenvalue weighted by Crippen LogP contribution is -2.26. The lowest BCUT2D eigenvalue weighted by atomic mass is 10.2. The van der Waals surface area contributed by atoms with Gasteiger partial charge in [-0.15, -0.1) is 11.3 Å². The van der Waals surface area contributed by atoms with E-state index in [0.29, 0.717) is 22.1 Å². The Morgan fingerprint density at radius 1 is 1.39 bits per heavy atom. The van der Waals surface area contributed by atoms with Crippen LogP contribution in [0.5, 0.6) is 0 Å². The molecule has 2 heterocycles.